The summed E-state index contributed by atoms with van der Waals surface area (Å²) in [6, 6.07) is 12.3. The van der Waals surface area contributed by atoms with Crippen LogP contribution in [0.3, 0.4) is 0 Å². The molecule has 0 heterocycles. The first-order valence-corrected chi connectivity index (χ1v) is 88.8. The SMILES string of the molecule is C[Si](C)(C)C(c1cc(C([Si](C)(C)C)[Si](C)(C)C)[c]([Bi]=[Bi][c]2c(C([Si](C)(C)C)[Si](C)(C)C)cc(C([Si](C)(C)C)[Si](C)(C)C)cc2C([Si](C)(C)C)[Si](C)(C)C)c(C([Si](C)(C)C)[Si](C)(C)C)c1)[Si](C)(C)C. The average molecular weight is 1520 g/mol. The summed E-state index contributed by atoms with van der Waals surface area (Å²) in [7, 11) is -19.2. The maximum atomic E-state index is 3.06. The molecule has 68 heavy (non-hydrogen) atoms. The van der Waals surface area contributed by atoms with Crippen LogP contribution in [0.2, 0.25) is 236 Å². The van der Waals surface area contributed by atoms with Gasteiger partial charge in [-0.15, -0.1) is 0 Å². The van der Waals surface area contributed by atoms with Gasteiger partial charge in [0.1, 0.15) is 0 Å². The van der Waals surface area contributed by atoms with Gasteiger partial charge in [0.15, 0.2) is 0 Å². The average Bonchev–Trinajstić information content (AvgIpc) is 2.92. The molecule has 0 atom stereocenters. The van der Waals surface area contributed by atoms with Gasteiger partial charge in [0.05, 0.1) is 0 Å². The molecule has 0 saturated carbocycles. The van der Waals surface area contributed by atoms with Gasteiger partial charge in [-0.2, -0.15) is 0 Å². The third-order valence-corrected chi connectivity index (χ3v) is 93.7. The summed E-state index contributed by atoms with van der Waals surface area (Å²) in [5, 5.41) is 4.75. The molecule has 0 unspecified atom stereocenters. The van der Waals surface area contributed by atoms with Crippen LogP contribution in [0.4, 0.5) is 0 Å². The Morgan fingerprint density at radius 3 is 0.426 bits per heavy atom. The minimum atomic E-state index is -1.63. The molecule has 0 radical (unpaired) electrons. The molecule has 0 aliphatic rings. The Hall–Kier alpha value is 2.81. The second kappa shape index (κ2) is 21.9. The molecule has 2 aromatic carbocycles. The van der Waals surface area contributed by atoms with Crippen molar-refractivity contribution < 1.29 is 0 Å². The zero-order valence-corrected chi connectivity index (χ0v) is 71.6. The van der Waals surface area contributed by atoms with Gasteiger partial charge in [0, 0.05) is 0 Å². The van der Waals surface area contributed by atoms with E-state index in [0.717, 1.165) is 31.0 Å². The number of rotatable bonds is 20. The third kappa shape index (κ3) is 17.2. The van der Waals surface area contributed by atoms with Crippen LogP contribution >= 0.6 is 0 Å². The molecule has 0 amide bonds. The van der Waals surface area contributed by atoms with Crippen LogP contribution in [-0.4, -0.2) is 132 Å². The summed E-state index contributed by atoms with van der Waals surface area (Å²) >= 11 is -2.37. The fraction of sp³-hybridized carbons (Fsp3) is 0.778. The van der Waals surface area contributed by atoms with Crippen molar-refractivity contribution in [1.29, 1.82) is 0 Å². The summed E-state index contributed by atoms with van der Waals surface area (Å²) in [4.78, 5) is 0. The molecule has 0 aromatic heterocycles. The van der Waals surface area contributed by atoms with Gasteiger partial charge in [0.2, 0.25) is 0 Å². The number of benzene rings is 2. The Bertz CT molecular complexity index is 1740. The van der Waals surface area contributed by atoms with E-state index in [2.05, 4.69) is 267 Å². The van der Waals surface area contributed by atoms with Crippen molar-refractivity contribution in [3.63, 3.8) is 0 Å². The third-order valence-electron chi connectivity index (χ3n) is 14.9. The van der Waals surface area contributed by atoms with E-state index in [1.54, 1.807) is 0 Å². The second-order valence-electron chi connectivity index (χ2n) is 35.3. The van der Waals surface area contributed by atoms with Crippen molar-refractivity contribution in [2.75, 3.05) is 0 Å². The Morgan fingerprint density at radius 2 is 0.324 bits per heavy atom. The first kappa shape index (κ1) is 66.9. The zero-order chi connectivity index (χ0) is 54.3. The van der Waals surface area contributed by atoms with Crippen LogP contribution in [0, 0.1) is 0 Å². The molecule has 392 valence electrons. The van der Waals surface area contributed by atoms with Crippen molar-refractivity contribution >= 4 is 139 Å². The molecular formula is C54H118Bi2Si12. The molecule has 0 fully saturated rings. The first-order valence-electron chi connectivity index (χ1n) is 27.2. The molecule has 0 aliphatic carbocycles. The summed E-state index contributed by atoms with van der Waals surface area (Å²) in [5.41, 5.74) is 11.6. The first-order chi connectivity index (χ1) is 29.4. The predicted octanol–water partition coefficient (Wildman–Crippen LogP) is 18.0. The maximum absolute atomic E-state index is 3.06. The Balaban J connectivity index is 3.92. The molecule has 0 N–H and O–H groups in total. The summed E-state index contributed by atoms with van der Waals surface area (Å²) in [6.45, 7) is 99.9. The molecule has 0 nitrogen and oxygen atoms in total. The van der Waals surface area contributed by atoms with E-state index < -0.39 is 132 Å². The van der Waals surface area contributed by atoms with Crippen molar-refractivity contribution in [2.45, 2.75) is 267 Å². The van der Waals surface area contributed by atoms with Gasteiger partial charge < -0.3 is 0 Å². The standard InChI is InChI=1S/2C27H59Si6.2Bi/c2*1-28(2,3)25(29(4,5)6)22-19-23(26(30(7,8)9)31(10,11)12)21-24(20-22)27(32(13,14)15)33(16,17)18;;/h2*19-20,25-27H,1-18H3;;. The van der Waals surface area contributed by atoms with Crippen LogP contribution in [-0.2, 0) is 0 Å². The molecular weight excluding hydrogens is 1400 g/mol. The van der Waals surface area contributed by atoms with Crippen LogP contribution in [0.5, 0.6) is 0 Å². The van der Waals surface area contributed by atoms with Gasteiger partial charge in [-0.3, -0.25) is 0 Å². The minimum absolute atomic E-state index is 0.780. The van der Waals surface area contributed by atoms with Crippen molar-refractivity contribution in [1.82, 2.24) is 0 Å². The van der Waals surface area contributed by atoms with E-state index >= 15 is 0 Å². The van der Waals surface area contributed by atoms with Crippen molar-refractivity contribution in [2.24, 2.45) is 0 Å². The molecule has 0 aliphatic heterocycles. The second-order valence-corrected chi connectivity index (χ2v) is 121. The van der Waals surface area contributed by atoms with Gasteiger partial charge in [0.25, 0.3) is 0 Å². The fourth-order valence-electron chi connectivity index (χ4n) is 16.5. The zero-order valence-electron chi connectivity index (χ0n) is 52.7. The summed E-state index contributed by atoms with van der Waals surface area (Å²) in [5.74, 6) is 0. The van der Waals surface area contributed by atoms with Crippen molar-refractivity contribution in [3.05, 3.63) is 57.6 Å². The molecule has 14 heteroatoms. The summed E-state index contributed by atoms with van der Waals surface area (Å²) in [6.07, 6.45) is 0. The van der Waals surface area contributed by atoms with E-state index in [9.17, 15) is 0 Å². The quantitative estimate of drug-likeness (QED) is 0.116. The van der Waals surface area contributed by atoms with E-state index in [1.807, 2.05) is 33.4 Å². The van der Waals surface area contributed by atoms with Crippen LogP contribution in [0.1, 0.15) is 64.4 Å². The molecule has 0 saturated heterocycles. The van der Waals surface area contributed by atoms with Crippen LogP contribution in [0.25, 0.3) is 0 Å². The fourth-order valence-corrected chi connectivity index (χ4v) is 125. The van der Waals surface area contributed by atoms with Gasteiger partial charge in [-0.1, -0.05) is 0 Å². The van der Waals surface area contributed by atoms with E-state index in [4.69, 9.17) is 0 Å². The number of hydrogen-bond acceptors (Lipinski definition) is 0. The number of hydrogen-bond donors (Lipinski definition) is 0. The van der Waals surface area contributed by atoms with Gasteiger partial charge >= 0.3 is 463 Å². The van der Waals surface area contributed by atoms with Gasteiger partial charge in [-0.25, -0.2) is 0 Å². The molecule has 2 aromatic rings. The van der Waals surface area contributed by atoms with Gasteiger partial charge in [-0.05, 0) is 0 Å². The van der Waals surface area contributed by atoms with E-state index in [0.29, 0.717) is 0 Å². The normalized spacial score (nSPS) is 15.5. The van der Waals surface area contributed by atoms with E-state index in [1.165, 1.54) is 0 Å². The topological polar surface area (TPSA) is 0 Å². The predicted molar refractivity (Wildman–Crippen MR) is 360 cm³/mol. The Morgan fingerprint density at radius 1 is 0.206 bits per heavy atom. The summed E-state index contributed by atoms with van der Waals surface area (Å²) < 4.78 is 4.25. The Labute approximate surface area is 457 Å². The molecule has 0 bridgehead atoms. The van der Waals surface area contributed by atoms with E-state index in [-0.39, 0.29) is 0 Å². The van der Waals surface area contributed by atoms with Crippen molar-refractivity contribution in [3.8, 4) is 0 Å². The van der Waals surface area contributed by atoms with Crippen LogP contribution in [0.15, 0.2) is 24.3 Å². The monoisotopic (exact) mass is 1520 g/mol. The molecule has 2 rings (SSSR count). The molecule has 0 spiro atoms. The van der Waals surface area contributed by atoms with Crippen LogP contribution < -0.4 is 6.54 Å². The Kier molecular flexibility index (Phi) is 21.6.